The number of amides is 2. The Labute approximate surface area is 126 Å². The summed E-state index contributed by atoms with van der Waals surface area (Å²) >= 11 is 0. The number of hydrogen-bond acceptors (Lipinski definition) is 3. The molecule has 1 aliphatic rings. The molecule has 0 spiro atoms. The van der Waals surface area contributed by atoms with Crippen molar-refractivity contribution in [1.82, 2.24) is 4.98 Å². The van der Waals surface area contributed by atoms with Crippen LogP contribution >= 0.6 is 0 Å². The molecule has 0 bridgehead atoms. The quantitative estimate of drug-likeness (QED) is 0.945. The van der Waals surface area contributed by atoms with Crippen molar-refractivity contribution in [3.8, 4) is 0 Å². The summed E-state index contributed by atoms with van der Waals surface area (Å²) < 4.78 is 12.8. The van der Waals surface area contributed by atoms with Gasteiger partial charge in [-0.05, 0) is 36.4 Å². The van der Waals surface area contributed by atoms with E-state index >= 15 is 0 Å². The predicted octanol–water partition coefficient (Wildman–Crippen LogP) is 2.21. The average molecular weight is 299 g/mol. The number of nitrogens with zero attached hydrogens (tertiary/aromatic N) is 2. The van der Waals surface area contributed by atoms with E-state index in [2.05, 4.69) is 10.3 Å². The van der Waals surface area contributed by atoms with Crippen LogP contribution in [0.4, 0.5) is 15.8 Å². The molecule has 1 fully saturated rings. The molecule has 1 saturated heterocycles. The summed E-state index contributed by atoms with van der Waals surface area (Å²) in [6, 6.07) is 9.06. The second-order valence-corrected chi connectivity index (χ2v) is 5.11. The highest BCUT2D eigenvalue weighted by atomic mass is 19.1. The minimum atomic E-state index is -0.433. The number of carbonyl (C=O) groups excluding carboxylic acids is 2. The number of nitrogens with one attached hydrogen (secondary N) is 1. The highest BCUT2D eigenvalue weighted by Gasteiger charge is 2.35. The number of anilines is 2. The fourth-order valence-electron chi connectivity index (χ4n) is 2.42. The van der Waals surface area contributed by atoms with Gasteiger partial charge in [-0.2, -0.15) is 0 Å². The van der Waals surface area contributed by atoms with Gasteiger partial charge in [-0.3, -0.25) is 14.6 Å². The third-order valence-corrected chi connectivity index (χ3v) is 3.57. The van der Waals surface area contributed by atoms with Crippen LogP contribution in [0.1, 0.15) is 6.42 Å². The highest BCUT2D eigenvalue weighted by Crippen LogP contribution is 2.25. The molecule has 0 aliphatic carbocycles. The number of carbonyl (C=O) groups is 2. The molecule has 1 aromatic carbocycles. The Kier molecular flexibility index (Phi) is 3.82. The Morgan fingerprint density at radius 3 is 2.73 bits per heavy atom. The average Bonchev–Trinajstić information content (AvgIpc) is 2.92. The second-order valence-electron chi connectivity index (χ2n) is 5.11. The summed E-state index contributed by atoms with van der Waals surface area (Å²) in [7, 11) is 0. The van der Waals surface area contributed by atoms with Gasteiger partial charge in [-0.15, -0.1) is 0 Å². The monoisotopic (exact) mass is 299 g/mol. The predicted molar refractivity (Wildman–Crippen MR) is 79.7 cm³/mol. The van der Waals surface area contributed by atoms with Crippen molar-refractivity contribution in [1.29, 1.82) is 0 Å². The van der Waals surface area contributed by atoms with Crippen LogP contribution in [0.3, 0.4) is 0 Å². The summed E-state index contributed by atoms with van der Waals surface area (Å²) in [4.78, 5) is 29.8. The molecule has 0 radical (unpaired) electrons. The lowest BCUT2D eigenvalue weighted by Crippen LogP contribution is -2.28. The number of hydrogen-bond donors (Lipinski definition) is 1. The van der Waals surface area contributed by atoms with Crippen molar-refractivity contribution in [2.45, 2.75) is 6.42 Å². The summed E-state index contributed by atoms with van der Waals surface area (Å²) in [6.45, 7) is 0.317. The lowest BCUT2D eigenvalue weighted by molar-refractivity contribution is -0.122. The van der Waals surface area contributed by atoms with Crippen LogP contribution in [-0.4, -0.2) is 23.3 Å². The zero-order valence-corrected chi connectivity index (χ0v) is 11.7. The zero-order valence-electron chi connectivity index (χ0n) is 11.7. The van der Waals surface area contributed by atoms with Gasteiger partial charge in [-0.1, -0.05) is 0 Å². The summed E-state index contributed by atoms with van der Waals surface area (Å²) in [5, 5.41) is 2.70. The number of halogens is 1. The lowest BCUT2D eigenvalue weighted by atomic mass is 10.1. The van der Waals surface area contributed by atoms with Gasteiger partial charge in [0, 0.05) is 24.8 Å². The third-order valence-electron chi connectivity index (χ3n) is 3.57. The molecule has 1 aromatic heterocycles. The molecule has 0 saturated carbocycles. The minimum Gasteiger partial charge on any atom is -0.326 e. The van der Waals surface area contributed by atoms with Crippen molar-refractivity contribution in [2.75, 3.05) is 16.8 Å². The van der Waals surface area contributed by atoms with Crippen LogP contribution < -0.4 is 10.2 Å². The summed E-state index contributed by atoms with van der Waals surface area (Å²) in [6.07, 6.45) is 3.38. The van der Waals surface area contributed by atoms with Crippen LogP contribution in [0.2, 0.25) is 0 Å². The Morgan fingerprint density at radius 2 is 2.05 bits per heavy atom. The smallest absolute Gasteiger partial charge is 0.229 e. The number of benzene rings is 1. The maximum atomic E-state index is 12.8. The lowest BCUT2D eigenvalue weighted by Gasteiger charge is -2.16. The molecule has 1 atom stereocenters. The van der Waals surface area contributed by atoms with Gasteiger partial charge in [0.2, 0.25) is 11.8 Å². The van der Waals surface area contributed by atoms with E-state index in [1.54, 1.807) is 29.4 Å². The normalized spacial score (nSPS) is 17.6. The number of rotatable bonds is 3. The van der Waals surface area contributed by atoms with Gasteiger partial charge in [0.15, 0.2) is 0 Å². The van der Waals surface area contributed by atoms with Crippen LogP contribution in [-0.2, 0) is 9.59 Å². The highest BCUT2D eigenvalue weighted by molar-refractivity contribution is 6.03. The molecule has 1 N–H and O–H groups in total. The molecule has 2 heterocycles. The molecule has 2 amide bonds. The van der Waals surface area contributed by atoms with Gasteiger partial charge in [0.25, 0.3) is 0 Å². The van der Waals surface area contributed by atoms with E-state index in [1.807, 2.05) is 0 Å². The van der Waals surface area contributed by atoms with Crippen LogP contribution in [0.5, 0.6) is 0 Å². The van der Waals surface area contributed by atoms with Crippen molar-refractivity contribution in [3.63, 3.8) is 0 Å². The molecule has 5 nitrogen and oxygen atoms in total. The molecule has 1 unspecified atom stereocenters. The maximum absolute atomic E-state index is 12.8. The van der Waals surface area contributed by atoms with Crippen molar-refractivity contribution < 1.29 is 14.0 Å². The molecule has 2 aromatic rings. The van der Waals surface area contributed by atoms with Crippen LogP contribution in [0.25, 0.3) is 0 Å². The minimum absolute atomic E-state index is 0.104. The molecule has 6 heteroatoms. The molecule has 3 rings (SSSR count). The van der Waals surface area contributed by atoms with Gasteiger partial charge in [-0.25, -0.2) is 4.39 Å². The fraction of sp³-hybridized carbons (Fsp3) is 0.188. The molecule has 22 heavy (non-hydrogen) atoms. The van der Waals surface area contributed by atoms with Crippen molar-refractivity contribution in [2.24, 2.45) is 5.92 Å². The summed E-state index contributed by atoms with van der Waals surface area (Å²) in [5.74, 6) is -1.15. The molecular weight excluding hydrogens is 285 g/mol. The number of aromatic nitrogens is 1. The SMILES string of the molecule is O=C(Nc1ccc(F)cc1)C1CC(=O)N(c2cccnc2)C1. The molecule has 112 valence electrons. The van der Waals surface area contributed by atoms with Crippen molar-refractivity contribution >= 4 is 23.2 Å². The van der Waals surface area contributed by atoms with E-state index in [1.165, 1.54) is 24.3 Å². The standard InChI is InChI=1S/C16H14FN3O2/c17-12-3-5-13(6-4-12)19-16(22)11-8-15(21)20(10-11)14-2-1-7-18-9-14/h1-7,9,11H,8,10H2,(H,19,22). The Hall–Kier alpha value is -2.76. The number of pyridine rings is 1. The van der Waals surface area contributed by atoms with Crippen molar-refractivity contribution in [3.05, 3.63) is 54.6 Å². The van der Waals surface area contributed by atoms with E-state index in [9.17, 15) is 14.0 Å². The van der Waals surface area contributed by atoms with Gasteiger partial charge in [0.1, 0.15) is 5.82 Å². The van der Waals surface area contributed by atoms with E-state index in [-0.39, 0.29) is 24.1 Å². The van der Waals surface area contributed by atoms with E-state index < -0.39 is 5.92 Å². The largest absolute Gasteiger partial charge is 0.326 e. The topological polar surface area (TPSA) is 62.3 Å². The van der Waals surface area contributed by atoms with Gasteiger partial charge < -0.3 is 10.2 Å². The zero-order chi connectivity index (χ0) is 15.5. The van der Waals surface area contributed by atoms with E-state index in [0.717, 1.165) is 0 Å². The van der Waals surface area contributed by atoms with Gasteiger partial charge in [0.05, 0.1) is 17.8 Å². The Balaban J connectivity index is 1.67. The van der Waals surface area contributed by atoms with E-state index in [4.69, 9.17) is 0 Å². The first kappa shape index (κ1) is 14.2. The van der Waals surface area contributed by atoms with E-state index in [0.29, 0.717) is 17.9 Å². The third kappa shape index (κ3) is 2.95. The second kappa shape index (κ2) is 5.93. The first-order chi connectivity index (χ1) is 10.6. The fourth-order valence-corrected chi connectivity index (χ4v) is 2.42. The summed E-state index contributed by atoms with van der Waals surface area (Å²) in [5.41, 5.74) is 1.20. The van der Waals surface area contributed by atoms with Crippen LogP contribution in [0, 0.1) is 11.7 Å². The first-order valence-electron chi connectivity index (χ1n) is 6.90. The Bertz CT molecular complexity index is 688. The van der Waals surface area contributed by atoms with Gasteiger partial charge >= 0.3 is 0 Å². The molecular formula is C16H14FN3O2. The Morgan fingerprint density at radius 1 is 1.27 bits per heavy atom. The maximum Gasteiger partial charge on any atom is 0.229 e. The molecule has 1 aliphatic heterocycles. The van der Waals surface area contributed by atoms with Crippen LogP contribution in [0.15, 0.2) is 48.8 Å². The first-order valence-corrected chi connectivity index (χ1v) is 6.90.